The highest BCUT2D eigenvalue weighted by molar-refractivity contribution is 5.03. The zero-order chi connectivity index (χ0) is 9.68. The Bertz CT molecular complexity index is 245. The fraction of sp³-hybridized carbons (Fsp3) is 0.667. The molecule has 0 bridgehead atoms. The van der Waals surface area contributed by atoms with Crippen molar-refractivity contribution in [1.82, 2.24) is 15.1 Å². The van der Waals surface area contributed by atoms with Crippen molar-refractivity contribution in [3.63, 3.8) is 0 Å². The Morgan fingerprint density at radius 1 is 1.62 bits per heavy atom. The molecule has 4 nitrogen and oxygen atoms in total. The molecule has 0 aliphatic heterocycles. The van der Waals surface area contributed by atoms with Crippen LogP contribution in [-0.4, -0.2) is 27.5 Å². The number of aromatic nitrogens is 2. The van der Waals surface area contributed by atoms with Crippen LogP contribution in [0.4, 0.5) is 0 Å². The van der Waals surface area contributed by atoms with Gasteiger partial charge in [0.25, 0.3) is 0 Å². The average Bonchev–Trinajstić information content (AvgIpc) is 2.50. The Morgan fingerprint density at radius 3 is 3.00 bits per heavy atom. The van der Waals surface area contributed by atoms with E-state index in [0.717, 1.165) is 12.1 Å². The summed E-state index contributed by atoms with van der Waals surface area (Å²) in [6, 6.07) is 0.487. The number of hydrogen-bond acceptors (Lipinski definition) is 3. The van der Waals surface area contributed by atoms with E-state index in [-0.39, 0.29) is 6.61 Å². The van der Waals surface area contributed by atoms with E-state index in [1.165, 1.54) is 0 Å². The molecule has 0 aliphatic rings. The number of hydrogen-bond donors (Lipinski definition) is 2. The number of nitrogens with zero attached hydrogens (tertiary/aromatic N) is 2. The van der Waals surface area contributed by atoms with Crippen molar-refractivity contribution < 1.29 is 5.11 Å². The van der Waals surface area contributed by atoms with Crippen molar-refractivity contribution in [3.8, 4) is 0 Å². The van der Waals surface area contributed by atoms with Gasteiger partial charge in [0.15, 0.2) is 0 Å². The van der Waals surface area contributed by atoms with Crippen molar-refractivity contribution >= 4 is 0 Å². The van der Waals surface area contributed by atoms with Crippen molar-refractivity contribution in [2.45, 2.75) is 33.0 Å². The summed E-state index contributed by atoms with van der Waals surface area (Å²) in [6.07, 6.45) is 3.77. The molecule has 1 rings (SSSR count). The topological polar surface area (TPSA) is 50.1 Å². The first-order chi connectivity index (χ1) is 6.22. The summed E-state index contributed by atoms with van der Waals surface area (Å²) in [5.41, 5.74) is 1.15. The largest absolute Gasteiger partial charge is 0.394 e. The van der Waals surface area contributed by atoms with Crippen LogP contribution >= 0.6 is 0 Å². The molecule has 0 atom stereocenters. The molecule has 0 saturated heterocycles. The van der Waals surface area contributed by atoms with Crippen LogP contribution in [0.3, 0.4) is 0 Å². The van der Waals surface area contributed by atoms with Crippen LogP contribution in [0.5, 0.6) is 0 Å². The fourth-order valence-corrected chi connectivity index (χ4v) is 1.04. The van der Waals surface area contributed by atoms with Crippen LogP contribution in [-0.2, 0) is 13.1 Å². The van der Waals surface area contributed by atoms with Gasteiger partial charge < -0.3 is 10.4 Å². The Labute approximate surface area is 78.6 Å². The number of aliphatic hydroxyl groups excluding tert-OH is 1. The molecular weight excluding hydrogens is 166 g/mol. The predicted molar refractivity (Wildman–Crippen MR) is 51.3 cm³/mol. The van der Waals surface area contributed by atoms with Gasteiger partial charge in [-0.3, -0.25) is 4.68 Å². The Morgan fingerprint density at radius 2 is 2.38 bits per heavy atom. The monoisotopic (exact) mass is 183 g/mol. The molecule has 0 radical (unpaired) electrons. The van der Waals surface area contributed by atoms with Crippen LogP contribution in [0, 0.1) is 0 Å². The van der Waals surface area contributed by atoms with E-state index in [2.05, 4.69) is 24.3 Å². The molecule has 0 fully saturated rings. The first kappa shape index (κ1) is 10.2. The zero-order valence-corrected chi connectivity index (χ0v) is 8.20. The Balaban J connectivity index is 2.39. The predicted octanol–water partition coefficient (Wildman–Crippen LogP) is 0.373. The molecule has 1 heterocycles. The van der Waals surface area contributed by atoms with Gasteiger partial charge in [0.2, 0.25) is 0 Å². The minimum atomic E-state index is 0.138. The Kier molecular flexibility index (Phi) is 3.92. The molecule has 1 aromatic heterocycles. The molecule has 13 heavy (non-hydrogen) atoms. The zero-order valence-electron chi connectivity index (χ0n) is 8.20. The highest BCUT2D eigenvalue weighted by Gasteiger charge is 1.98. The van der Waals surface area contributed by atoms with Gasteiger partial charge in [-0.1, -0.05) is 13.8 Å². The molecule has 1 aromatic rings. The third-order valence-corrected chi connectivity index (χ3v) is 1.73. The molecule has 0 amide bonds. The summed E-state index contributed by atoms with van der Waals surface area (Å²) in [4.78, 5) is 0. The quantitative estimate of drug-likeness (QED) is 0.693. The lowest BCUT2D eigenvalue weighted by Gasteiger charge is -2.04. The smallest absolute Gasteiger partial charge is 0.0640 e. The van der Waals surface area contributed by atoms with Gasteiger partial charge in [-0.2, -0.15) is 5.10 Å². The summed E-state index contributed by atoms with van der Waals surface area (Å²) in [7, 11) is 0. The molecule has 4 heteroatoms. The molecule has 0 aromatic carbocycles. The second-order valence-corrected chi connectivity index (χ2v) is 3.37. The number of nitrogens with one attached hydrogen (secondary N) is 1. The minimum Gasteiger partial charge on any atom is -0.394 e. The van der Waals surface area contributed by atoms with Gasteiger partial charge in [0, 0.05) is 24.3 Å². The van der Waals surface area contributed by atoms with E-state index in [4.69, 9.17) is 5.11 Å². The minimum absolute atomic E-state index is 0.138. The van der Waals surface area contributed by atoms with Gasteiger partial charge in [-0.15, -0.1) is 0 Å². The van der Waals surface area contributed by atoms with E-state index in [9.17, 15) is 0 Å². The first-order valence-corrected chi connectivity index (χ1v) is 4.58. The molecule has 0 aliphatic carbocycles. The normalized spacial score (nSPS) is 11.1. The third-order valence-electron chi connectivity index (χ3n) is 1.73. The second-order valence-electron chi connectivity index (χ2n) is 3.37. The van der Waals surface area contributed by atoms with Crippen molar-refractivity contribution in [2.24, 2.45) is 0 Å². The molecule has 0 spiro atoms. The van der Waals surface area contributed by atoms with Crippen molar-refractivity contribution in [3.05, 3.63) is 18.0 Å². The summed E-state index contributed by atoms with van der Waals surface area (Å²) in [6.45, 7) is 5.76. The maximum absolute atomic E-state index is 8.67. The summed E-state index contributed by atoms with van der Waals surface area (Å²) >= 11 is 0. The SMILES string of the molecule is CC(C)NCc1cnn(CCO)c1. The van der Waals surface area contributed by atoms with E-state index >= 15 is 0 Å². The van der Waals surface area contributed by atoms with Crippen LogP contribution in [0.15, 0.2) is 12.4 Å². The summed E-state index contributed by atoms with van der Waals surface area (Å²) in [5, 5.41) is 16.1. The molecule has 74 valence electrons. The third kappa shape index (κ3) is 3.57. The van der Waals surface area contributed by atoms with Gasteiger partial charge >= 0.3 is 0 Å². The van der Waals surface area contributed by atoms with E-state index < -0.39 is 0 Å². The molecular formula is C9H17N3O. The lowest BCUT2D eigenvalue weighted by atomic mass is 10.3. The van der Waals surface area contributed by atoms with Crippen LogP contribution in [0.25, 0.3) is 0 Å². The summed E-state index contributed by atoms with van der Waals surface area (Å²) < 4.78 is 1.75. The highest BCUT2D eigenvalue weighted by atomic mass is 16.3. The maximum atomic E-state index is 8.67. The van der Waals surface area contributed by atoms with Crippen LogP contribution in [0.2, 0.25) is 0 Å². The average molecular weight is 183 g/mol. The number of rotatable bonds is 5. The molecule has 2 N–H and O–H groups in total. The van der Waals surface area contributed by atoms with Crippen LogP contribution < -0.4 is 5.32 Å². The second kappa shape index (κ2) is 4.99. The van der Waals surface area contributed by atoms with Gasteiger partial charge in [-0.25, -0.2) is 0 Å². The highest BCUT2D eigenvalue weighted by Crippen LogP contribution is 1.97. The van der Waals surface area contributed by atoms with E-state index in [1.807, 2.05) is 12.4 Å². The van der Waals surface area contributed by atoms with Crippen LogP contribution in [0.1, 0.15) is 19.4 Å². The standard InChI is InChI=1S/C9H17N3O/c1-8(2)10-5-9-6-11-12(7-9)3-4-13/h6-8,10,13H,3-5H2,1-2H3. The molecule has 0 saturated carbocycles. The van der Waals surface area contributed by atoms with Crippen molar-refractivity contribution in [2.75, 3.05) is 6.61 Å². The molecule has 0 unspecified atom stereocenters. The van der Waals surface area contributed by atoms with Crippen molar-refractivity contribution in [1.29, 1.82) is 0 Å². The van der Waals surface area contributed by atoms with Gasteiger partial charge in [-0.05, 0) is 0 Å². The maximum Gasteiger partial charge on any atom is 0.0640 e. The van der Waals surface area contributed by atoms with Gasteiger partial charge in [0.05, 0.1) is 19.3 Å². The lowest BCUT2D eigenvalue weighted by Crippen LogP contribution is -2.21. The van der Waals surface area contributed by atoms with E-state index in [0.29, 0.717) is 12.6 Å². The number of aliphatic hydroxyl groups is 1. The fourth-order valence-electron chi connectivity index (χ4n) is 1.04. The lowest BCUT2D eigenvalue weighted by molar-refractivity contribution is 0.269. The Hall–Kier alpha value is -0.870. The summed E-state index contributed by atoms with van der Waals surface area (Å²) in [5.74, 6) is 0. The first-order valence-electron chi connectivity index (χ1n) is 4.58. The van der Waals surface area contributed by atoms with E-state index in [1.54, 1.807) is 4.68 Å². The van der Waals surface area contributed by atoms with Gasteiger partial charge in [0.1, 0.15) is 0 Å².